The fourth-order valence-electron chi connectivity index (χ4n) is 3.57. The molecule has 2 fully saturated rings. The first-order chi connectivity index (χ1) is 8.96. The number of aliphatic carboxylic acids is 1. The minimum Gasteiger partial charge on any atom is -0.480 e. The van der Waals surface area contributed by atoms with Gasteiger partial charge in [-0.1, -0.05) is 0 Å². The van der Waals surface area contributed by atoms with Crippen LogP contribution in [0.5, 0.6) is 0 Å². The zero-order valence-corrected chi connectivity index (χ0v) is 12.4. The minimum atomic E-state index is -0.840. The smallest absolute Gasteiger partial charge is 0.324 e. The van der Waals surface area contributed by atoms with Crippen molar-refractivity contribution in [3.05, 3.63) is 0 Å². The molecule has 0 aromatic heterocycles. The lowest BCUT2D eigenvalue weighted by Gasteiger charge is -2.47. The molecule has 0 amide bonds. The summed E-state index contributed by atoms with van der Waals surface area (Å²) in [6, 6.07) is 0.704. The summed E-state index contributed by atoms with van der Waals surface area (Å²) in [5, 5.41) is 12.3. The lowest BCUT2D eigenvalue weighted by atomic mass is 9.83. The molecule has 0 saturated carbocycles. The van der Waals surface area contributed by atoms with Gasteiger partial charge in [-0.15, -0.1) is 0 Å². The van der Waals surface area contributed by atoms with Crippen LogP contribution in [0.25, 0.3) is 0 Å². The molecule has 3 unspecified atom stereocenters. The van der Waals surface area contributed by atoms with Crippen molar-refractivity contribution in [2.45, 2.75) is 37.8 Å². The van der Waals surface area contributed by atoms with Crippen LogP contribution < -0.4 is 5.32 Å². The van der Waals surface area contributed by atoms with Gasteiger partial charge in [0.1, 0.15) is 5.54 Å². The van der Waals surface area contributed by atoms with E-state index < -0.39 is 11.5 Å². The molecule has 5 heteroatoms. The van der Waals surface area contributed by atoms with Crippen LogP contribution in [0.1, 0.15) is 26.2 Å². The van der Waals surface area contributed by atoms with Gasteiger partial charge in [0.2, 0.25) is 0 Å². The minimum absolute atomic E-state index is 0.589. The summed E-state index contributed by atoms with van der Waals surface area (Å²) in [4.78, 5) is 16.2. The van der Waals surface area contributed by atoms with Gasteiger partial charge in [0, 0.05) is 19.1 Å². The largest absolute Gasteiger partial charge is 0.480 e. The second-order valence-electron chi connectivity index (χ2n) is 6.36. The fraction of sp³-hybridized carbons (Fsp3) is 0.929. The standard InChI is InChI=1S/C14H27N3O2/c1-14(15-2,13(18)19)10-17-8-6-12-11(9-17)5-4-7-16(12)3/h11-12,15H,4-10H2,1-3H3,(H,18,19). The van der Waals surface area contributed by atoms with Gasteiger partial charge in [0.15, 0.2) is 0 Å². The second-order valence-corrected chi connectivity index (χ2v) is 6.36. The molecule has 2 aliphatic heterocycles. The lowest BCUT2D eigenvalue weighted by Crippen LogP contribution is -2.60. The van der Waals surface area contributed by atoms with Crippen molar-refractivity contribution >= 4 is 5.97 Å². The Hall–Kier alpha value is -0.650. The maximum Gasteiger partial charge on any atom is 0.324 e. The van der Waals surface area contributed by atoms with Crippen molar-refractivity contribution in [3.63, 3.8) is 0 Å². The number of fused-ring (bicyclic) bond motifs is 1. The molecule has 2 heterocycles. The molecule has 2 saturated heterocycles. The highest BCUT2D eigenvalue weighted by molar-refractivity contribution is 5.78. The van der Waals surface area contributed by atoms with Crippen molar-refractivity contribution in [1.82, 2.24) is 15.1 Å². The van der Waals surface area contributed by atoms with E-state index in [-0.39, 0.29) is 0 Å². The van der Waals surface area contributed by atoms with Crippen molar-refractivity contribution in [2.24, 2.45) is 5.92 Å². The number of nitrogens with one attached hydrogen (secondary N) is 1. The van der Waals surface area contributed by atoms with Crippen LogP contribution in [0.15, 0.2) is 0 Å². The van der Waals surface area contributed by atoms with Gasteiger partial charge < -0.3 is 20.2 Å². The van der Waals surface area contributed by atoms with E-state index in [1.807, 2.05) is 0 Å². The zero-order chi connectivity index (χ0) is 14.0. The first-order valence-corrected chi connectivity index (χ1v) is 7.31. The first kappa shape index (κ1) is 14.8. The van der Waals surface area contributed by atoms with E-state index >= 15 is 0 Å². The third-order valence-corrected chi connectivity index (χ3v) is 4.99. The number of hydrogen-bond donors (Lipinski definition) is 2. The number of carboxylic acid groups (broad SMARTS) is 1. The maximum absolute atomic E-state index is 11.4. The number of nitrogens with zero attached hydrogens (tertiary/aromatic N) is 2. The van der Waals surface area contributed by atoms with E-state index in [1.165, 1.54) is 25.8 Å². The molecule has 110 valence electrons. The molecule has 2 rings (SSSR count). The van der Waals surface area contributed by atoms with Gasteiger partial charge in [-0.2, -0.15) is 0 Å². The summed E-state index contributed by atoms with van der Waals surface area (Å²) in [7, 11) is 3.96. The summed E-state index contributed by atoms with van der Waals surface area (Å²) in [6.45, 7) is 5.63. The predicted molar refractivity (Wildman–Crippen MR) is 75.3 cm³/mol. The molecule has 0 aromatic carbocycles. The summed E-state index contributed by atoms with van der Waals surface area (Å²) >= 11 is 0. The number of piperidine rings is 2. The monoisotopic (exact) mass is 269 g/mol. The average Bonchev–Trinajstić information content (AvgIpc) is 2.38. The number of likely N-dealkylation sites (tertiary alicyclic amines) is 2. The van der Waals surface area contributed by atoms with Gasteiger partial charge in [-0.25, -0.2) is 0 Å². The van der Waals surface area contributed by atoms with Crippen LogP contribution in [0.4, 0.5) is 0 Å². The Morgan fingerprint density at radius 3 is 2.79 bits per heavy atom. The van der Waals surface area contributed by atoms with E-state index in [0.717, 1.165) is 13.1 Å². The molecule has 19 heavy (non-hydrogen) atoms. The molecule has 0 bridgehead atoms. The molecule has 0 radical (unpaired) electrons. The van der Waals surface area contributed by atoms with E-state index in [0.29, 0.717) is 18.5 Å². The van der Waals surface area contributed by atoms with Crippen LogP contribution >= 0.6 is 0 Å². The number of rotatable bonds is 4. The molecular formula is C14H27N3O2. The third-order valence-electron chi connectivity index (χ3n) is 4.99. The van der Waals surface area contributed by atoms with Crippen LogP contribution in [-0.4, -0.2) is 72.7 Å². The van der Waals surface area contributed by atoms with Gasteiger partial charge in [0.25, 0.3) is 0 Å². The SMILES string of the molecule is CNC(C)(CN1CCC2C(CCCN2C)C1)C(=O)O. The highest BCUT2D eigenvalue weighted by atomic mass is 16.4. The Labute approximate surface area is 115 Å². The molecule has 0 aromatic rings. The molecule has 0 spiro atoms. The number of likely N-dealkylation sites (N-methyl/N-ethyl adjacent to an activating group) is 1. The van der Waals surface area contributed by atoms with Crippen molar-refractivity contribution < 1.29 is 9.90 Å². The summed E-state index contributed by atoms with van der Waals surface area (Å²) < 4.78 is 0. The number of hydrogen-bond acceptors (Lipinski definition) is 4. The van der Waals surface area contributed by atoms with Gasteiger partial charge >= 0.3 is 5.97 Å². The molecule has 2 N–H and O–H groups in total. The van der Waals surface area contributed by atoms with Gasteiger partial charge in [0.05, 0.1) is 0 Å². The van der Waals surface area contributed by atoms with E-state index in [2.05, 4.69) is 22.2 Å². The Morgan fingerprint density at radius 1 is 1.42 bits per heavy atom. The fourth-order valence-corrected chi connectivity index (χ4v) is 3.57. The van der Waals surface area contributed by atoms with E-state index in [1.54, 1.807) is 14.0 Å². The second kappa shape index (κ2) is 5.77. The van der Waals surface area contributed by atoms with Crippen LogP contribution in [0.2, 0.25) is 0 Å². The van der Waals surface area contributed by atoms with Crippen LogP contribution in [0, 0.1) is 5.92 Å². The first-order valence-electron chi connectivity index (χ1n) is 7.31. The van der Waals surface area contributed by atoms with Gasteiger partial charge in [-0.3, -0.25) is 4.79 Å². The molecule has 2 aliphatic rings. The van der Waals surface area contributed by atoms with Crippen molar-refractivity contribution in [3.8, 4) is 0 Å². The predicted octanol–water partition coefficient (Wildman–Crippen LogP) is 0.465. The zero-order valence-electron chi connectivity index (χ0n) is 12.4. The quantitative estimate of drug-likeness (QED) is 0.777. The highest BCUT2D eigenvalue weighted by Crippen LogP contribution is 2.30. The van der Waals surface area contributed by atoms with Crippen LogP contribution in [0.3, 0.4) is 0 Å². The Bertz CT molecular complexity index is 337. The topological polar surface area (TPSA) is 55.8 Å². The maximum atomic E-state index is 11.4. The third kappa shape index (κ3) is 3.09. The highest BCUT2D eigenvalue weighted by Gasteiger charge is 2.38. The van der Waals surface area contributed by atoms with Crippen molar-refractivity contribution in [1.29, 1.82) is 0 Å². The van der Waals surface area contributed by atoms with E-state index in [9.17, 15) is 9.90 Å². The van der Waals surface area contributed by atoms with Crippen LogP contribution in [-0.2, 0) is 4.79 Å². The summed E-state index contributed by atoms with van der Waals surface area (Å²) in [5.41, 5.74) is -0.840. The Balaban J connectivity index is 1.95. The van der Waals surface area contributed by atoms with Crippen molar-refractivity contribution in [2.75, 3.05) is 40.3 Å². The number of carboxylic acids is 1. The molecule has 3 atom stereocenters. The summed E-state index contributed by atoms with van der Waals surface area (Å²) in [5.74, 6) is -0.0553. The number of carbonyl (C=O) groups is 1. The molecule has 5 nitrogen and oxygen atoms in total. The van der Waals surface area contributed by atoms with Gasteiger partial charge in [-0.05, 0) is 59.3 Å². The summed E-state index contributed by atoms with van der Waals surface area (Å²) in [6.07, 6.45) is 3.73. The van der Waals surface area contributed by atoms with E-state index in [4.69, 9.17) is 0 Å². The molecular weight excluding hydrogens is 242 g/mol. The lowest BCUT2D eigenvalue weighted by molar-refractivity contribution is -0.145. The Kier molecular flexibility index (Phi) is 4.48. The molecule has 0 aliphatic carbocycles. The average molecular weight is 269 g/mol. The normalized spacial score (nSPS) is 32.6. The Morgan fingerprint density at radius 2 is 2.16 bits per heavy atom.